The number of aryl methyl sites for hydroxylation is 1. The van der Waals surface area contributed by atoms with Gasteiger partial charge in [-0.15, -0.1) is 0 Å². The first-order valence-electron chi connectivity index (χ1n) is 9.45. The molecule has 1 aromatic rings. The maximum atomic E-state index is 12.0. The number of phenolic OH excluding ortho intramolecular Hbond substituents is 2. The fourth-order valence-corrected chi connectivity index (χ4v) is 4.82. The summed E-state index contributed by atoms with van der Waals surface area (Å²) < 4.78 is 33.8. The molecule has 0 saturated heterocycles. The lowest BCUT2D eigenvalue weighted by atomic mass is 9.73. The van der Waals surface area contributed by atoms with E-state index >= 15 is 0 Å². The van der Waals surface area contributed by atoms with E-state index in [1.165, 1.54) is 6.07 Å². The molecule has 2 atom stereocenters. The Hall–Kier alpha value is -1.79. The second kappa shape index (κ2) is 8.48. The molecule has 0 bridgehead atoms. The highest BCUT2D eigenvalue weighted by molar-refractivity contribution is 7.86. The predicted molar refractivity (Wildman–Crippen MR) is 107 cm³/mol. The van der Waals surface area contributed by atoms with Crippen molar-refractivity contribution in [2.75, 3.05) is 0 Å². The van der Waals surface area contributed by atoms with E-state index < -0.39 is 20.8 Å². The second-order valence-corrected chi connectivity index (χ2v) is 8.97. The Balaban J connectivity index is 2.67. The summed E-state index contributed by atoms with van der Waals surface area (Å²) in [6.45, 7) is 9.91. The van der Waals surface area contributed by atoms with Crippen molar-refractivity contribution in [3.05, 3.63) is 41.0 Å². The molecule has 0 fully saturated rings. The Labute approximate surface area is 162 Å². The molecule has 27 heavy (non-hydrogen) atoms. The van der Waals surface area contributed by atoms with Crippen molar-refractivity contribution >= 4 is 10.1 Å². The van der Waals surface area contributed by atoms with Crippen molar-refractivity contribution in [3.8, 4) is 11.5 Å². The SMILES string of the molecule is C=C(C)[C@@H]1CCC(C)=C[C@H]1c1c(O)cc(CCCCC)c(S(=O)(=O)O)c1O. The molecular weight excluding hydrogens is 364 g/mol. The van der Waals surface area contributed by atoms with Crippen LogP contribution in [0.3, 0.4) is 0 Å². The number of rotatable bonds is 7. The van der Waals surface area contributed by atoms with Gasteiger partial charge in [0, 0.05) is 11.5 Å². The zero-order chi connectivity index (χ0) is 20.4. The molecule has 0 aromatic heterocycles. The van der Waals surface area contributed by atoms with Crippen molar-refractivity contribution in [1.82, 2.24) is 0 Å². The van der Waals surface area contributed by atoms with Crippen molar-refractivity contribution in [3.63, 3.8) is 0 Å². The third-order valence-electron chi connectivity index (χ3n) is 5.37. The third-order valence-corrected chi connectivity index (χ3v) is 6.34. The Kier molecular flexibility index (Phi) is 6.76. The van der Waals surface area contributed by atoms with E-state index in [-0.39, 0.29) is 28.7 Å². The smallest absolute Gasteiger partial charge is 0.298 e. The van der Waals surface area contributed by atoms with Gasteiger partial charge in [0.25, 0.3) is 10.1 Å². The fourth-order valence-electron chi connectivity index (χ4n) is 3.98. The zero-order valence-corrected chi connectivity index (χ0v) is 17.1. The number of allylic oxidation sites excluding steroid dienone is 3. The van der Waals surface area contributed by atoms with Crippen molar-refractivity contribution in [1.29, 1.82) is 0 Å². The molecule has 1 aliphatic carbocycles. The van der Waals surface area contributed by atoms with Crippen LogP contribution in [-0.4, -0.2) is 23.2 Å². The Bertz CT molecular complexity index is 852. The summed E-state index contributed by atoms with van der Waals surface area (Å²) >= 11 is 0. The van der Waals surface area contributed by atoms with E-state index in [9.17, 15) is 23.2 Å². The lowest BCUT2D eigenvalue weighted by Crippen LogP contribution is -2.18. The first-order valence-corrected chi connectivity index (χ1v) is 10.9. The van der Waals surface area contributed by atoms with Crippen molar-refractivity contribution in [2.24, 2.45) is 5.92 Å². The number of hydrogen-bond donors (Lipinski definition) is 3. The topological polar surface area (TPSA) is 94.8 Å². The molecular formula is C21H30O5S. The molecule has 1 aromatic carbocycles. The minimum atomic E-state index is -4.63. The van der Waals surface area contributed by atoms with E-state index in [2.05, 4.69) is 6.58 Å². The van der Waals surface area contributed by atoms with Crippen LogP contribution in [0.15, 0.2) is 34.8 Å². The average molecular weight is 395 g/mol. The molecule has 0 spiro atoms. The molecule has 0 saturated carbocycles. The van der Waals surface area contributed by atoms with Gasteiger partial charge in [0.15, 0.2) is 0 Å². The standard InChI is InChI=1S/C21H30O5S/c1-5-6-7-8-15-12-18(22)19(20(23)21(15)27(24,25)26)17-11-14(4)9-10-16(17)13(2)3/h11-12,16-17,22-23H,2,5-10H2,1,3-4H3,(H,24,25,26)/t16-,17+/m0/s1. The lowest BCUT2D eigenvalue weighted by Gasteiger charge is -2.32. The van der Waals surface area contributed by atoms with E-state index in [0.29, 0.717) is 12.8 Å². The summed E-state index contributed by atoms with van der Waals surface area (Å²) in [7, 11) is -4.63. The van der Waals surface area contributed by atoms with Crippen LogP contribution in [0, 0.1) is 5.92 Å². The molecule has 0 heterocycles. The number of unbranched alkanes of at least 4 members (excludes halogenated alkanes) is 2. The minimum absolute atomic E-state index is 0.0225. The number of hydrogen-bond acceptors (Lipinski definition) is 4. The van der Waals surface area contributed by atoms with Crippen LogP contribution in [0.1, 0.15) is 69.9 Å². The Morgan fingerprint density at radius 3 is 2.52 bits per heavy atom. The van der Waals surface area contributed by atoms with Gasteiger partial charge in [-0.1, -0.05) is 43.6 Å². The molecule has 2 rings (SSSR count). The van der Waals surface area contributed by atoms with Crippen molar-refractivity contribution in [2.45, 2.75) is 70.1 Å². The summed E-state index contributed by atoms with van der Waals surface area (Å²) in [6, 6.07) is 1.38. The van der Waals surface area contributed by atoms with Gasteiger partial charge < -0.3 is 10.2 Å². The normalized spacial score (nSPS) is 20.4. The molecule has 5 nitrogen and oxygen atoms in total. The Morgan fingerprint density at radius 1 is 1.30 bits per heavy atom. The maximum Gasteiger partial charge on any atom is 0.298 e. The number of aromatic hydroxyl groups is 2. The summed E-state index contributed by atoms with van der Waals surface area (Å²) in [5.74, 6) is -1.10. The minimum Gasteiger partial charge on any atom is -0.507 e. The van der Waals surface area contributed by atoms with Gasteiger partial charge in [-0.2, -0.15) is 8.42 Å². The fraction of sp³-hybridized carbons (Fsp3) is 0.524. The quantitative estimate of drug-likeness (QED) is 0.340. The summed E-state index contributed by atoms with van der Waals surface area (Å²) in [5.41, 5.74) is 2.40. The van der Waals surface area contributed by atoms with Crippen LogP contribution in [0.2, 0.25) is 0 Å². The molecule has 6 heteroatoms. The molecule has 0 radical (unpaired) electrons. The molecule has 0 amide bonds. The van der Waals surface area contributed by atoms with E-state index in [1.807, 2.05) is 26.8 Å². The van der Waals surface area contributed by atoms with Gasteiger partial charge in [-0.05, 0) is 57.1 Å². The maximum absolute atomic E-state index is 12.0. The number of phenols is 2. The summed E-state index contributed by atoms with van der Waals surface area (Å²) in [4.78, 5) is -0.483. The molecule has 3 N–H and O–H groups in total. The molecule has 1 aliphatic rings. The van der Waals surface area contributed by atoms with Gasteiger partial charge in [-0.25, -0.2) is 0 Å². The van der Waals surface area contributed by atoms with Crippen LogP contribution in [0.5, 0.6) is 11.5 Å². The van der Waals surface area contributed by atoms with Crippen LogP contribution in [-0.2, 0) is 16.5 Å². The van der Waals surface area contributed by atoms with Crippen LogP contribution in [0.25, 0.3) is 0 Å². The van der Waals surface area contributed by atoms with E-state index in [1.54, 1.807) is 0 Å². The first kappa shape index (κ1) is 21.5. The molecule has 0 aliphatic heterocycles. The zero-order valence-electron chi connectivity index (χ0n) is 16.3. The van der Waals surface area contributed by atoms with Gasteiger partial charge in [0.1, 0.15) is 16.4 Å². The first-order chi connectivity index (χ1) is 12.6. The van der Waals surface area contributed by atoms with Crippen molar-refractivity contribution < 1.29 is 23.2 Å². The molecule has 150 valence electrons. The van der Waals surface area contributed by atoms with Crippen LogP contribution >= 0.6 is 0 Å². The van der Waals surface area contributed by atoms with Gasteiger partial charge in [0.05, 0.1) is 0 Å². The van der Waals surface area contributed by atoms with E-state index in [0.717, 1.165) is 36.8 Å². The monoisotopic (exact) mass is 394 g/mol. The average Bonchev–Trinajstić information content (AvgIpc) is 2.53. The van der Waals surface area contributed by atoms with Gasteiger partial charge in [-0.3, -0.25) is 4.55 Å². The molecule has 0 unspecified atom stereocenters. The Morgan fingerprint density at radius 2 is 1.96 bits per heavy atom. The van der Waals surface area contributed by atoms with Crippen LogP contribution in [0.4, 0.5) is 0 Å². The van der Waals surface area contributed by atoms with Crippen LogP contribution < -0.4 is 0 Å². The summed E-state index contributed by atoms with van der Waals surface area (Å²) in [6.07, 6.45) is 6.53. The van der Waals surface area contributed by atoms with Gasteiger partial charge in [0.2, 0.25) is 0 Å². The highest BCUT2D eigenvalue weighted by atomic mass is 32.2. The third kappa shape index (κ3) is 4.74. The second-order valence-electron chi connectivity index (χ2n) is 7.61. The van der Waals surface area contributed by atoms with E-state index in [4.69, 9.17) is 0 Å². The largest absolute Gasteiger partial charge is 0.507 e. The summed E-state index contributed by atoms with van der Waals surface area (Å²) in [5, 5.41) is 21.5. The lowest BCUT2D eigenvalue weighted by molar-refractivity contribution is 0.393. The predicted octanol–water partition coefficient (Wildman–Crippen LogP) is 5.09. The number of benzene rings is 1. The highest BCUT2D eigenvalue weighted by Gasteiger charge is 2.34. The highest BCUT2D eigenvalue weighted by Crippen LogP contribution is 2.49. The van der Waals surface area contributed by atoms with Gasteiger partial charge >= 0.3 is 0 Å².